The molecule has 0 spiro atoms. The van der Waals surface area contributed by atoms with Gasteiger partial charge < -0.3 is 20.6 Å². The molecule has 0 heterocycles. The van der Waals surface area contributed by atoms with E-state index < -0.39 is 24.2 Å². The zero-order chi connectivity index (χ0) is 40.8. The van der Waals surface area contributed by atoms with Gasteiger partial charge in [-0.1, -0.05) is 223 Å². The van der Waals surface area contributed by atoms with Crippen molar-refractivity contribution in [3.8, 4) is 0 Å². The van der Waals surface area contributed by atoms with E-state index in [1.807, 2.05) is 6.08 Å². The predicted molar refractivity (Wildman–Crippen MR) is 245 cm³/mol. The maximum Gasteiger partial charge on any atom is 0.249 e. The van der Waals surface area contributed by atoms with Gasteiger partial charge in [0, 0.05) is 0 Å². The topological polar surface area (TPSA) is 89.8 Å². The summed E-state index contributed by atoms with van der Waals surface area (Å²) in [6.45, 7) is 4.15. The Kier molecular flexibility index (Phi) is 44.6. The number of aliphatic hydroxyl groups is 3. The van der Waals surface area contributed by atoms with Crippen molar-refractivity contribution in [2.75, 3.05) is 6.61 Å². The van der Waals surface area contributed by atoms with E-state index in [1.54, 1.807) is 6.08 Å². The van der Waals surface area contributed by atoms with Crippen molar-refractivity contribution in [1.82, 2.24) is 5.32 Å². The first-order valence-corrected chi connectivity index (χ1v) is 24.5. The lowest BCUT2D eigenvalue weighted by atomic mass is 10.0. The lowest BCUT2D eigenvalue weighted by Gasteiger charge is -2.21. The molecule has 0 aliphatic carbocycles. The van der Waals surface area contributed by atoms with Crippen LogP contribution in [0.3, 0.4) is 0 Å². The van der Waals surface area contributed by atoms with Crippen LogP contribution < -0.4 is 5.32 Å². The Labute approximate surface area is 348 Å². The quantitative estimate of drug-likeness (QED) is 0.0366. The van der Waals surface area contributed by atoms with E-state index in [0.717, 1.165) is 44.9 Å². The highest BCUT2D eigenvalue weighted by molar-refractivity contribution is 5.80. The molecule has 3 unspecified atom stereocenters. The van der Waals surface area contributed by atoms with Gasteiger partial charge in [0.05, 0.1) is 18.8 Å². The lowest BCUT2D eigenvalue weighted by Crippen LogP contribution is -2.48. The summed E-state index contributed by atoms with van der Waals surface area (Å²) in [5, 5.41) is 33.1. The van der Waals surface area contributed by atoms with Gasteiger partial charge in [-0.05, 0) is 70.6 Å². The highest BCUT2D eigenvalue weighted by Crippen LogP contribution is 2.15. The van der Waals surface area contributed by atoms with Crippen LogP contribution in [0.2, 0.25) is 0 Å². The first kappa shape index (κ1) is 54.3. The van der Waals surface area contributed by atoms with Gasteiger partial charge in [0.2, 0.25) is 5.91 Å². The van der Waals surface area contributed by atoms with Crippen LogP contribution >= 0.6 is 0 Å². The number of hydrogen-bond donors (Lipinski definition) is 4. The summed E-state index contributed by atoms with van der Waals surface area (Å²) in [5.41, 5.74) is 0. The smallest absolute Gasteiger partial charge is 0.249 e. The van der Waals surface area contributed by atoms with Crippen molar-refractivity contribution in [3.05, 3.63) is 48.6 Å². The van der Waals surface area contributed by atoms with Crippen LogP contribution in [0.25, 0.3) is 0 Å². The van der Waals surface area contributed by atoms with Gasteiger partial charge >= 0.3 is 0 Å². The number of amides is 1. The average Bonchev–Trinajstić information content (AvgIpc) is 3.20. The summed E-state index contributed by atoms with van der Waals surface area (Å²) < 4.78 is 0. The van der Waals surface area contributed by atoms with Crippen molar-refractivity contribution in [3.63, 3.8) is 0 Å². The van der Waals surface area contributed by atoms with Gasteiger partial charge in [-0.25, -0.2) is 0 Å². The number of aliphatic hydroxyl groups excluding tert-OH is 3. The lowest BCUT2D eigenvalue weighted by molar-refractivity contribution is -0.131. The number of nitrogens with one attached hydrogen (secondary N) is 1. The molecule has 56 heavy (non-hydrogen) atoms. The molecule has 5 heteroatoms. The van der Waals surface area contributed by atoms with Crippen LogP contribution in [0.4, 0.5) is 0 Å². The zero-order valence-electron chi connectivity index (χ0n) is 37.3. The fraction of sp³-hybridized carbons (Fsp3) is 0.824. The Bertz CT molecular complexity index is 912. The van der Waals surface area contributed by atoms with E-state index in [2.05, 4.69) is 55.6 Å². The maximum atomic E-state index is 12.5. The van der Waals surface area contributed by atoms with E-state index in [-0.39, 0.29) is 6.61 Å². The van der Waals surface area contributed by atoms with Gasteiger partial charge in [0.25, 0.3) is 0 Å². The first-order valence-electron chi connectivity index (χ1n) is 24.5. The van der Waals surface area contributed by atoms with Crippen molar-refractivity contribution >= 4 is 5.91 Å². The number of carbonyl (C=O) groups excluding carboxylic acids is 1. The van der Waals surface area contributed by atoms with Gasteiger partial charge in [0.15, 0.2) is 0 Å². The molecule has 3 atom stereocenters. The first-order chi connectivity index (χ1) is 27.6. The second-order valence-electron chi connectivity index (χ2n) is 16.6. The summed E-state index contributed by atoms with van der Waals surface area (Å²) in [4.78, 5) is 12.5. The van der Waals surface area contributed by atoms with Crippen molar-refractivity contribution in [1.29, 1.82) is 0 Å². The third-order valence-corrected chi connectivity index (χ3v) is 11.1. The zero-order valence-corrected chi connectivity index (χ0v) is 37.3. The average molecular weight is 786 g/mol. The Morgan fingerprint density at radius 3 is 1.11 bits per heavy atom. The van der Waals surface area contributed by atoms with E-state index in [9.17, 15) is 20.1 Å². The third-order valence-electron chi connectivity index (χ3n) is 11.1. The Morgan fingerprint density at radius 1 is 0.429 bits per heavy atom. The summed E-state index contributed by atoms with van der Waals surface area (Å²) in [5.74, 6) is -0.518. The van der Waals surface area contributed by atoms with Crippen LogP contribution in [-0.2, 0) is 4.79 Å². The van der Waals surface area contributed by atoms with E-state index in [0.29, 0.717) is 6.42 Å². The Hall–Kier alpha value is -1.69. The summed E-state index contributed by atoms with van der Waals surface area (Å²) in [6, 6.07) is -0.821. The molecule has 0 radical (unpaired) electrons. The number of hydrogen-bond acceptors (Lipinski definition) is 4. The molecule has 0 aromatic rings. The summed E-state index contributed by atoms with van der Waals surface area (Å²) in [7, 11) is 0. The molecule has 0 bridgehead atoms. The minimum atomic E-state index is -1.11. The van der Waals surface area contributed by atoms with Crippen molar-refractivity contribution in [2.45, 2.75) is 263 Å². The molecule has 0 aromatic heterocycles. The second kappa shape index (κ2) is 46.0. The number of carbonyl (C=O) groups is 1. The summed E-state index contributed by atoms with van der Waals surface area (Å²) >= 11 is 0. The summed E-state index contributed by atoms with van der Waals surface area (Å²) in [6.07, 6.45) is 60.2. The van der Waals surface area contributed by atoms with Crippen LogP contribution in [0.15, 0.2) is 48.6 Å². The standard InChI is InChI=1S/C51H95NO4/c1-3-5-7-9-11-13-15-17-19-20-21-22-23-24-25-26-27-28-29-30-31-32-34-36-38-40-42-44-46-50(55)51(56)52-48(47-53)49(54)45-43-41-39-37-35-33-18-16-14-12-10-8-6-4-2/h14,16,24-25,35,37,43,45,48-50,53-55H,3-13,15,17-23,26-34,36,38-42,44,46-47H2,1-2H3,(H,52,56)/b16-14+,25-24-,37-35+,45-43+. The fourth-order valence-corrected chi connectivity index (χ4v) is 7.27. The highest BCUT2D eigenvalue weighted by atomic mass is 16.3. The molecule has 1 amide bonds. The molecule has 0 aliphatic rings. The number of rotatable bonds is 44. The molecule has 4 N–H and O–H groups in total. The fourth-order valence-electron chi connectivity index (χ4n) is 7.27. The maximum absolute atomic E-state index is 12.5. The Balaban J connectivity index is 3.61. The Morgan fingerprint density at radius 2 is 0.732 bits per heavy atom. The van der Waals surface area contributed by atoms with E-state index in [1.165, 1.54) is 180 Å². The van der Waals surface area contributed by atoms with E-state index in [4.69, 9.17) is 0 Å². The molecular weight excluding hydrogens is 691 g/mol. The van der Waals surface area contributed by atoms with Gasteiger partial charge in [-0.2, -0.15) is 0 Å². The number of unbranched alkanes of at least 4 members (excludes halogenated alkanes) is 30. The molecule has 0 aromatic carbocycles. The molecule has 5 nitrogen and oxygen atoms in total. The SMILES string of the molecule is CCCCCC/C=C/CC/C=C/CC/C=C/C(O)C(CO)NC(=O)C(O)CCCCCCCCCCCCCC/C=C\CCCCCCCCCCCCCC. The van der Waals surface area contributed by atoms with Crippen LogP contribution in [0.1, 0.15) is 245 Å². The normalized spacial score (nSPS) is 13.9. The highest BCUT2D eigenvalue weighted by Gasteiger charge is 2.22. The minimum Gasteiger partial charge on any atom is -0.394 e. The van der Waals surface area contributed by atoms with Gasteiger partial charge in [-0.3, -0.25) is 4.79 Å². The van der Waals surface area contributed by atoms with Crippen LogP contribution in [0.5, 0.6) is 0 Å². The van der Waals surface area contributed by atoms with Gasteiger partial charge in [0.1, 0.15) is 6.10 Å². The second-order valence-corrected chi connectivity index (χ2v) is 16.6. The molecule has 0 saturated carbocycles. The molecule has 0 aliphatic heterocycles. The largest absolute Gasteiger partial charge is 0.394 e. The molecule has 0 saturated heterocycles. The van der Waals surface area contributed by atoms with Crippen molar-refractivity contribution < 1.29 is 20.1 Å². The third kappa shape index (κ3) is 40.5. The van der Waals surface area contributed by atoms with Crippen LogP contribution in [0, 0.1) is 0 Å². The molecule has 328 valence electrons. The predicted octanol–water partition coefficient (Wildman–Crippen LogP) is 14.5. The minimum absolute atomic E-state index is 0.382. The van der Waals surface area contributed by atoms with Crippen molar-refractivity contribution in [2.24, 2.45) is 0 Å². The van der Waals surface area contributed by atoms with Gasteiger partial charge in [-0.15, -0.1) is 0 Å². The molecule has 0 rings (SSSR count). The van der Waals surface area contributed by atoms with Crippen LogP contribution in [-0.4, -0.2) is 46.1 Å². The van der Waals surface area contributed by atoms with E-state index >= 15 is 0 Å². The molecule has 0 fully saturated rings. The monoisotopic (exact) mass is 786 g/mol. The number of allylic oxidation sites excluding steroid dienone is 7. The molecular formula is C51H95NO4.